The highest BCUT2D eigenvalue weighted by atomic mass is 35.5. The van der Waals surface area contributed by atoms with Crippen LogP contribution >= 0.6 is 34.5 Å². The van der Waals surface area contributed by atoms with Crippen LogP contribution in [0.2, 0.25) is 10.0 Å². The van der Waals surface area contributed by atoms with Crippen molar-refractivity contribution >= 4 is 67.4 Å². The minimum Gasteiger partial charge on any atom is -0.484 e. The summed E-state index contributed by atoms with van der Waals surface area (Å²) in [5.74, 6) is 0.450. The Morgan fingerprint density at radius 3 is 1.91 bits per heavy atom. The third-order valence-electron chi connectivity index (χ3n) is 4.29. The van der Waals surface area contributed by atoms with Crippen molar-refractivity contribution in [2.24, 2.45) is 0 Å². The van der Waals surface area contributed by atoms with E-state index in [1.807, 2.05) is 0 Å². The van der Waals surface area contributed by atoms with Crippen LogP contribution in [0.4, 0.5) is 10.8 Å². The summed E-state index contributed by atoms with van der Waals surface area (Å²) in [6, 6.07) is 18.8. The third kappa shape index (κ3) is 6.58. The maximum absolute atomic E-state index is 12.2. The molecule has 0 fully saturated rings. The lowest BCUT2D eigenvalue weighted by Gasteiger charge is -2.07. The van der Waals surface area contributed by atoms with Crippen molar-refractivity contribution in [1.29, 1.82) is 0 Å². The Balaban J connectivity index is 1.30. The predicted octanol–water partition coefficient (Wildman–Crippen LogP) is 5.64. The van der Waals surface area contributed by atoms with Crippen molar-refractivity contribution in [3.05, 3.63) is 76.8 Å². The Bertz CT molecular complexity index is 1220. The summed E-state index contributed by atoms with van der Waals surface area (Å²) in [6.45, 7) is -0.302. The number of amides is 2. The summed E-state index contributed by atoms with van der Waals surface area (Å²) in [4.78, 5) is 28.8. The molecular formula is C23H17Cl2N3O4S. The van der Waals surface area contributed by atoms with Gasteiger partial charge in [-0.3, -0.25) is 14.9 Å². The van der Waals surface area contributed by atoms with Gasteiger partial charge in [0.1, 0.15) is 11.5 Å². The van der Waals surface area contributed by atoms with E-state index in [9.17, 15) is 9.59 Å². The Labute approximate surface area is 203 Å². The summed E-state index contributed by atoms with van der Waals surface area (Å²) in [5.41, 5.74) is 1.30. The highest BCUT2D eigenvalue weighted by molar-refractivity contribution is 7.22. The number of anilines is 2. The van der Waals surface area contributed by atoms with E-state index < -0.39 is 0 Å². The second-order valence-corrected chi connectivity index (χ2v) is 8.69. The maximum Gasteiger partial charge on any atom is 0.264 e. The first-order valence-corrected chi connectivity index (χ1v) is 11.3. The first-order chi connectivity index (χ1) is 15.9. The number of ether oxygens (including phenoxy) is 2. The molecule has 0 aliphatic heterocycles. The first-order valence-electron chi connectivity index (χ1n) is 9.72. The summed E-state index contributed by atoms with van der Waals surface area (Å²) in [7, 11) is 0. The van der Waals surface area contributed by atoms with E-state index in [2.05, 4.69) is 15.6 Å². The smallest absolute Gasteiger partial charge is 0.264 e. The van der Waals surface area contributed by atoms with Gasteiger partial charge in [0.15, 0.2) is 18.3 Å². The number of benzene rings is 3. The van der Waals surface area contributed by atoms with E-state index in [1.54, 1.807) is 66.7 Å². The molecule has 2 N–H and O–H groups in total. The number of carbonyl (C=O) groups excluding carboxylic acids is 2. The highest BCUT2D eigenvalue weighted by Gasteiger charge is 2.11. The van der Waals surface area contributed by atoms with Gasteiger partial charge in [0.2, 0.25) is 0 Å². The second kappa shape index (κ2) is 10.5. The largest absolute Gasteiger partial charge is 0.484 e. The van der Waals surface area contributed by atoms with Gasteiger partial charge in [-0.2, -0.15) is 0 Å². The minimum atomic E-state index is -0.336. The topological polar surface area (TPSA) is 89.5 Å². The van der Waals surface area contributed by atoms with Crippen LogP contribution in [0.3, 0.4) is 0 Å². The van der Waals surface area contributed by atoms with E-state index in [0.717, 1.165) is 4.70 Å². The van der Waals surface area contributed by atoms with Gasteiger partial charge in [0.25, 0.3) is 11.8 Å². The molecule has 33 heavy (non-hydrogen) atoms. The number of hydrogen-bond donors (Lipinski definition) is 2. The average Bonchev–Trinajstić information content (AvgIpc) is 3.19. The van der Waals surface area contributed by atoms with Gasteiger partial charge in [0, 0.05) is 15.7 Å². The van der Waals surface area contributed by atoms with Crippen LogP contribution in [0, 0.1) is 0 Å². The molecule has 0 atom stereocenters. The number of halogens is 2. The Hall–Kier alpha value is -3.33. The average molecular weight is 502 g/mol. The summed E-state index contributed by atoms with van der Waals surface area (Å²) in [5, 5.41) is 7.11. The number of nitrogens with zero attached hydrogens (tertiary/aromatic N) is 1. The number of hydrogen-bond acceptors (Lipinski definition) is 6. The molecule has 0 spiro atoms. The number of nitrogens with one attached hydrogen (secondary N) is 2. The molecule has 168 valence electrons. The van der Waals surface area contributed by atoms with Crippen LogP contribution in [0.15, 0.2) is 66.7 Å². The van der Waals surface area contributed by atoms with Gasteiger partial charge in [-0.15, -0.1) is 0 Å². The molecule has 0 saturated heterocycles. The fourth-order valence-electron chi connectivity index (χ4n) is 2.77. The Morgan fingerprint density at radius 2 is 1.33 bits per heavy atom. The van der Waals surface area contributed by atoms with Crippen LogP contribution in [-0.4, -0.2) is 30.0 Å². The van der Waals surface area contributed by atoms with Crippen LogP contribution < -0.4 is 20.1 Å². The van der Waals surface area contributed by atoms with Crippen LogP contribution in [0.1, 0.15) is 0 Å². The molecule has 7 nitrogen and oxygen atoms in total. The Kier molecular flexibility index (Phi) is 7.29. The summed E-state index contributed by atoms with van der Waals surface area (Å²) in [6.07, 6.45) is 0. The molecule has 0 aliphatic carbocycles. The number of fused-ring (bicyclic) bond motifs is 1. The molecule has 3 aromatic carbocycles. The molecule has 4 aromatic rings. The van der Waals surface area contributed by atoms with Gasteiger partial charge < -0.3 is 14.8 Å². The van der Waals surface area contributed by atoms with Gasteiger partial charge in [-0.25, -0.2) is 4.98 Å². The van der Waals surface area contributed by atoms with Crippen molar-refractivity contribution in [2.45, 2.75) is 0 Å². The third-order valence-corrected chi connectivity index (χ3v) is 5.72. The first kappa shape index (κ1) is 22.8. The van der Waals surface area contributed by atoms with Crippen LogP contribution in [0.5, 0.6) is 11.5 Å². The van der Waals surface area contributed by atoms with Gasteiger partial charge in [-0.05, 0) is 66.7 Å². The standard InChI is InChI=1S/C23H17Cl2N3O4S/c24-14-1-6-17(7-2-14)31-12-21(29)26-16-5-10-19-20(11-16)33-23(27-19)28-22(30)13-32-18-8-3-15(25)4-9-18/h1-11H,12-13H2,(H,26,29)(H,27,28,30). The number of rotatable bonds is 8. The van der Waals surface area contributed by atoms with Crippen LogP contribution in [-0.2, 0) is 9.59 Å². The predicted molar refractivity (Wildman–Crippen MR) is 131 cm³/mol. The van der Waals surface area contributed by atoms with Gasteiger partial charge >= 0.3 is 0 Å². The van der Waals surface area contributed by atoms with Crippen molar-refractivity contribution in [2.75, 3.05) is 23.8 Å². The number of carbonyl (C=O) groups is 2. The molecule has 1 aromatic heterocycles. The Morgan fingerprint density at radius 1 is 0.788 bits per heavy atom. The number of thiazole rings is 1. The summed E-state index contributed by atoms with van der Waals surface area (Å²) >= 11 is 13.0. The zero-order chi connectivity index (χ0) is 23.2. The highest BCUT2D eigenvalue weighted by Crippen LogP contribution is 2.28. The van der Waals surface area contributed by atoms with Crippen molar-refractivity contribution in [3.8, 4) is 11.5 Å². The molecule has 4 rings (SSSR count). The van der Waals surface area contributed by atoms with E-state index in [0.29, 0.717) is 37.9 Å². The fraction of sp³-hybridized carbons (Fsp3) is 0.0870. The van der Waals surface area contributed by atoms with E-state index in [4.69, 9.17) is 32.7 Å². The van der Waals surface area contributed by atoms with Gasteiger partial charge in [0.05, 0.1) is 10.2 Å². The van der Waals surface area contributed by atoms with Crippen molar-refractivity contribution < 1.29 is 19.1 Å². The molecule has 0 aliphatic rings. The maximum atomic E-state index is 12.2. The zero-order valence-corrected chi connectivity index (χ0v) is 19.3. The summed E-state index contributed by atoms with van der Waals surface area (Å²) < 4.78 is 11.7. The van der Waals surface area contributed by atoms with Crippen molar-refractivity contribution in [3.63, 3.8) is 0 Å². The van der Waals surface area contributed by atoms with Gasteiger partial charge in [-0.1, -0.05) is 34.5 Å². The molecule has 0 bridgehead atoms. The monoisotopic (exact) mass is 501 g/mol. The minimum absolute atomic E-state index is 0.142. The lowest BCUT2D eigenvalue weighted by atomic mass is 10.3. The lowest BCUT2D eigenvalue weighted by Crippen LogP contribution is -2.20. The van der Waals surface area contributed by atoms with Crippen molar-refractivity contribution in [1.82, 2.24) is 4.98 Å². The normalized spacial score (nSPS) is 10.6. The molecular weight excluding hydrogens is 485 g/mol. The fourth-order valence-corrected chi connectivity index (χ4v) is 3.94. The molecule has 1 heterocycles. The zero-order valence-electron chi connectivity index (χ0n) is 17.0. The van der Waals surface area contributed by atoms with E-state index in [-0.39, 0.29) is 25.0 Å². The molecule has 2 amide bonds. The van der Waals surface area contributed by atoms with E-state index in [1.165, 1.54) is 11.3 Å². The second-order valence-electron chi connectivity index (χ2n) is 6.78. The van der Waals surface area contributed by atoms with Crippen LogP contribution in [0.25, 0.3) is 10.2 Å². The molecule has 0 radical (unpaired) electrons. The lowest BCUT2D eigenvalue weighted by molar-refractivity contribution is -0.118. The molecule has 0 unspecified atom stereocenters. The molecule has 10 heteroatoms. The van der Waals surface area contributed by atoms with E-state index >= 15 is 0 Å². The quantitative estimate of drug-likeness (QED) is 0.326. The molecule has 0 saturated carbocycles. The number of aromatic nitrogens is 1. The SMILES string of the molecule is O=C(COc1ccc(Cl)cc1)Nc1ccc2nc(NC(=O)COc3ccc(Cl)cc3)sc2c1.